The van der Waals surface area contributed by atoms with Gasteiger partial charge in [-0.25, -0.2) is 4.79 Å². The maximum atomic E-state index is 12.0. The molecule has 1 aliphatic rings. The van der Waals surface area contributed by atoms with Crippen molar-refractivity contribution in [1.29, 1.82) is 0 Å². The highest BCUT2D eigenvalue weighted by atomic mass is 16.2. The van der Waals surface area contributed by atoms with E-state index in [0.717, 1.165) is 32.4 Å². The van der Waals surface area contributed by atoms with Gasteiger partial charge in [-0.3, -0.25) is 4.79 Å². The molecule has 3 amide bonds. The molecule has 2 rings (SSSR count). The Bertz CT molecular complexity index is 493. The summed E-state index contributed by atoms with van der Waals surface area (Å²) in [5.74, 6) is -0.0817. The van der Waals surface area contributed by atoms with Crippen LogP contribution in [0.5, 0.6) is 0 Å². The van der Waals surface area contributed by atoms with Gasteiger partial charge in [0, 0.05) is 30.4 Å². The molecule has 114 valence electrons. The molecule has 1 atom stereocenters. The van der Waals surface area contributed by atoms with Gasteiger partial charge in [0.15, 0.2) is 0 Å². The third-order valence-corrected chi connectivity index (χ3v) is 3.78. The van der Waals surface area contributed by atoms with Crippen LogP contribution in [0.2, 0.25) is 0 Å². The first-order chi connectivity index (χ1) is 10.1. The fourth-order valence-electron chi connectivity index (χ4n) is 2.24. The summed E-state index contributed by atoms with van der Waals surface area (Å²) < 4.78 is 0. The van der Waals surface area contributed by atoms with Crippen molar-refractivity contribution in [2.75, 3.05) is 18.4 Å². The molecule has 1 unspecified atom stereocenters. The lowest BCUT2D eigenvalue weighted by molar-refractivity contribution is 0.0939. The lowest BCUT2D eigenvalue weighted by Gasteiger charge is -2.16. The lowest BCUT2D eigenvalue weighted by atomic mass is 10.1. The standard InChI is InChI=1S/C16H23N3O2/c1-3-12(2)17-15(20)13-6-8-14(9-7-13)18-16(21)19-10-4-5-11-19/h6-9,12H,3-5,10-11H2,1-2H3,(H,17,20)(H,18,21). The summed E-state index contributed by atoms with van der Waals surface area (Å²) in [6, 6.07) is 7.09. The average Bonchev–Trinajstić information content (AvgIpc) is 3.02. The largest absolute Gasteiger partial charge is 0.350 e. The minimum atomic E-state index is -0.0817. The summed E-state index contributed by atoms with van der Waals surface area (Å²) in [4.78, 5) is 25.7. The monoisotopic (exact) mass is 289 g/mol. The normalized spacial score (nSPS) is 15.6. The Morgan fingerprint density at radius 3 is 2.38 bits per heavy atom. The van der Waals surface area contributed by atoms with Crippen molar-refractivity contribution >= 4 is 17.6 Å². The van der Waals surface area contributed by atoms with Gasteiger partial charge in [0.2, 0.25) is 0 Å². The number of carbonyl (C=O) groups is 2. The maximum Gasteiger partial charge on any atom is 0.321 e. The van der Waals surface area contributed by atoms with Crippen molar-refractivity contribution < 1.29 is 9.59 Å². The zero-order valence-electron chi connectivity index (χ0n) is 12.7. The van der Waals surface area contributed by atoms with E-state index in [2.05, 4.69) is 10.6 Å². The van der Waals surface area contributed by atoms with Crippen LogP contribution in [-0.4, -0.2) is 36.0 Å². The summed E-state index contributed by atoms with van der Waals surface area (Å²) in [5, 5.41) is 5.77. The van der Waals surface area contributed by atoms with Crippen molar-refractivity contribution in [1.82, 2.24) is 10.2 Å². The molecule has 1 aliphatic heterocycles. The van der Waals surface area contributed by atoms with Gasteiger partial charge in [0.1, 0.15) is 0 Å². The molecule has 0 aromatic heterocycles. The molecule has 0 radical (unpaired) electrons. The van der Waals surface area contributed by atoms with Gasteiger partial charge in [-0.2, -0.15) is 0 Å². The van der Waals surface area contributed by atoms with E-state index in [1.165, 1.54) is 0 Å². The second-order valence-electron chi connectivity index (χ2n) is 5.48. The maximum absolute atomic E-state index is 12.0. The van der Waals surface area contributed by atoms with Crippen molar-refractivity contribution in [3.63, 3.8) is 0 Å². The van der Waals surface area contributed by atoms with E-state index in [1.807, 2.05) is 18.7 Å². The minimum absolute atomic E-state index is 0.0655. The Labute approximate surface area is 125 Å². The molecule has 0 saturated carbocycles. The molecule has 1 aromatic carbocycles. The van der Waals surface area contributed by atoms with Crippen LogP contribution >= 0.6 is 0 Å². The van der Waals surface area contributed by atoms with Crippen LogP contribution in [0.3, 0.4) is 0 Å². The molecule has 0 spiro atoms. The van der Waals surface area contributed by atoms with Crippen molar-refractivity contribution in [3.05, 3.63) is 29.8 Å². The van der Waals surface area contributed by atoms with E-state index in [0.29, 0.717) is 11.3 Å². The van der Waals surface area contributed by atoms with Gasteiger partial charge in [-0.15, -0.1) is 0 Å². The van der Waals surface area contributed by atoms with Crippen LogP contribution in [0.4, 0.5) is 10.5 Å². The minimum Gasteiger partial charge on any atom is -0.350 e. The third-order valence-electron chi connectivity index (χ3n) is 3.78. The molecule has 0 bridgehead atoms. The molecule has 1 saturated heterocycles. The summed E-state index contributed by atoms with van der Waals surface area (Å²) in [6.07, 6.45) is 3.04. The number of hydrogen-bond donors (Lipinski definition) is 2. The molecule has 5 heteroatoms. The summed E-state index contributed by atoms with van der Waals surface area (Å²) >= 11 is 0. The van der Waals surface area contributed by atoms with Crippen LogP contribution in [0.15, 0.2) is 24.3 Å². The first-order valence-corrected chi connectivity index (χ1v) is 7.57. The van der Waals surface area contributed by atoms with Crippen LogP contribution in [0.1, 0.15) is 43.5 Å². The number of amides is 3. The summed E-state index contributed by atoms with van der Waals surface area (Å²) in [6.45, 7) is 5.65. The topological polar surface area (TPSA) is 61.4 Å². The Hall–Kier alpha value is -2.04. The summed E-state index contributed by atoms with van der Waals surface area (Å²) in [5.41, 5.74) is 1.32. The fourth-order valence-corrected chi connectivity index (χ4v) is 2.24. The number of hydrogen-bond acceptors (Lipinski definition) is 2. The highest BCUT2D eigenvalue weighted by Gasteiger charge is 2.17. The number of benzene rings is 1. The zero-order valence-corrected chi connectivity index (χ0v) is 12.7. The molecule has 1 fully saturated rings. The number of rotatable bonds is 4. The number of carbonyl (C=O) groups excluding carboxylic acids is 2. The second kappa shape index (κ2) is 7.11. The second-order valence-corrected chi connectivity index (χ2v) is 5.48. The van der Waals surface area contributed by atoms with Crippen molar-refractivity contribution in [3.8, 4) is 0 Å². The number of anilines is 1. The Balaban J connectivity index is 1.92. The van der Waals surface area contributed by atoms with Crippen LogP contribution in [-0.2, 0) is 0 Å². The molecule has 1 aromatic rings. The van der Waals surface area contributed by atoms with E-state index < -0.39 is 0 Å². The molecule has 1 heterocycles. The molecule has 21 heavy (non-hydrogen) atoms. The highest BCUT2D eigenvalue weighted by Crippen LogP contribution is 2.13. The molecule has 5 nitrogen and oxygen atoms in total. The van der Waals surface area contributed by atoms with E-state index in [1.54, 1.807) is 24.3 Å². The summed E-state index contributed by atoms with van der Waals surface area (Å²) in [7, 11) is 0. The Morgan fingerprint density at radius 1 is 1.19 bits per heavy atom. The fraction of sp³-hybridized carbons (Fsp3) is 0.500. The van der Waals surface area contributed by atoms with Crippen molar-refractivity contribution in [2.24, 2.45) is 0 Å². The van der Waals surface area contributed by atoms with E-state index in [4.69, 9.17) is 0 Å². The predicted molar refractivity (Wildman–Crippen MR) is 83.5 cm³/mol. The first kappa shape index (κ1) is 15.4. The lowest BCUT2D eigenvalue weighted by Crippen LogP contribution is -2.32. The Morgan fingerprint density at radius 2 is 1.81 bits per heavy atom. The van der Waals surface area contributed by atoms with Gasteiger partial charge >= 0.3 is 6.03 Å². The third kappa shape index (κ3) is 4.21. The smallest absolute Gasteiger partial charge is 0.321 e. The quantitative estimate of drug-likeness (QED) is 0.895. The van der Waals surface area contributed by atoms with E-state index in [-0.39, 0.29) is 18.0 Å². The predicted octanol–water partition coefficient (Wildman–Crippen LogP) is 2.84. The number of urea groups is 1. The van der Waals surface area contributed by atoms with Crippen molar-refractivity contribution in [2.45, 2.75) is 39.2 Å². The first-order valence-electron chi connectivity index (χ1n) is 7.57. The molecule has 0 aliphatic carbocycles. The molecular formula is C16H23N3O2. The zero-order chi connectivity index (χ0) is 15.2. The molecule has 2 N–H and O–H groups in total. The van der Waals surface area contributed by atoms with E-state index in [9.17, 15) is 9.59 Å². The SMILES string of the molecule is CCC(C)NC(=O)c1ccc(NC(=O)N2CCCC2)cc1. The van der Waals surface area contributed by atoms with Crippen LogP contribution in [0.25, 0.3) is 0 Å². The van der Waals surface area contributed by atoms with Gasteiger partial charge in [0.05, 0.1) is 0 Å². The molecular weight excluding hydrogens is 266 g/mol. The number of nitrogens with one attached hydrogen (secondary N) is 2. The van der Waals surface area contributed by atoms with Gasteiger partial charge in [0.25, 0.3) is 5.91 Å². The Kier molecular flexibility index (Phi) is 5.20. The van der Waals surface area contributed by atoms with Crippen LogP contribution < -0.4 is 10.6 Å². The van der Waals surface area contributed by atoms with Gasteiger partial charge in [-0.1, -0.05) is 6.92 Å². The average molecular weight is 289 g/mol. The van der Waals surface area contributed by atoms with E-state index >= 15 is 0 Å². The number of likely N-dealkylation sites (tertiary alicyclic amines) is 1. The highest BCUT2D eigenvalue weighted by molar-refractivity contribution is 5.95. The van der Waals surface area contributed by atoms with Gasteiger partial charge < -0.3 is 15.5 Å². The van der Waals surface area contributed by atoms with Crippen LogP contribution in [0, 0.1) is 0 Å². The van der Waals surface area contributed by atoms with Gasteiger partial charge in [-0.05, 0) is 50.5 Å². The number of nitrogens with zero attached hydrogens (tertiary/aromatic N) is 1.